The zero-order valence-electron chi connectivity index (χ0n) is 13.2. The molecule has 134 valence electrons. The number of urea groups is 1. The number of benzene rings is 1. The van der Waals surface area contributed by atoms with Crippen molar-refractivity contribution in [3.05, 3.63) is 36.2 Å². The lowest BCUT2D eigenvalue weighted by Gasteiger charge is -2.12. The van der Waals surface area contributed by atoms with Crippen LogP contribution in [0.2, 0.25) is 0 Å². The molecular weight excluding hydrogens is 359 g/mol. The monoisotopic (exact) mass is 373 g/mol. The number of carbonyl (C=O) groups excluding carboxylic acids is 2. The van der Waals surface area contributed by atoms with Gasteiger partial charge in [0.2, 0.25) is 11.7 Å². The van der Waals surface area contributed by atoms with Gasteiger partial charge in [0.05, 0.1) is 5.25 Å². The Morgan fingerprint density at radius 2 is 1.84 bits per heavy atom. The third-order valence-electron chi connectivity index (χ3n) is 3.01. The van der Waals surface area contributed by atoms with Crippen LogP contribution in [0.25, 0.3) is 0 Å². The van der Waals surface area contributed by atoms with Gasteiger partial charge in [0.15, 0.2) is 5.16 Å². The van der Waals surface area contributed by atoms with Crippen molar-refractivity contribution in [2.45, 2.75) is 23.5 Å². The Kier molecular flexibility index (Phi) is 5.67. The molecule has 2 aromatic rings. The first-order valence-corrected chi connectivity index (χ1v) is 7.86. The fourth-order valence-corrected chi connectivity index (χ4v) is 2.59. The fraction of sp³-hybridized carbons (Fsp3) is 0.286. The Morgan fingerprint density at radius 1 is 1.20 bits per heavy atom. The zero-order chi connectivity index (χ0) is 18.6. The first kappa shape index (κ1) is 18.8. The number of anilines is 1. The first-order chi connectivity index (χ1) is 11.7. The minimum absolute atomic E-state index is 0.0848. The van der Waals surface area contributed by atoms with E-state index in [1.807, 2.05) is 0 Å². The largest absolute Gasteiger partial charge is 0.451 e. The number of thioether (sulfide) groups is 1. The molecule has 1 unspecified atom stereocenters. The number of nitrogens with one attached hydrogen (secondary N) is 2. The smallest absolute Gasteiger partial charge is 0.308 e. The number of hydrogen-bond acceptors (Lipinski definition) is 5. The van der Waals surface area contributed by atoms with Gasteiger partial charge in [0.1, 0.15) is 0 Å². The molecule has 0 saturated carbocycles. The summed E-state index contributed by atoms with van der Waals surface area (Å²) in [6.45, 7) is 1.44. The van der Waals surface area contributed by atoms with Crippen molar-refractivity contribution in [2.75, 3.05) is 5.32 Å². The third kappa shape index (κ3) is 4.95. The predicted molar refractivity (Wildman–Crippen MR) is 84.9 cm³/mol. The zero-order valence-corrected chi connectivity index (χ0v) is 14.0. The predicted octanol–water partition coefficient (Wildman–Crippen LogP) is 2.66. The highest BCUT2D eigenvalue weighted by molar-refractivity contribution is 8.00. The normalized spacial score (nSPS) is 12.5. The Morgan fingerprint density at radius 3 is 2.40 bits per heavy atom. The number of alkyl halides is 3. The van der Waals surface area contributed by atoms with Crippen molar-refractivity contribution < 1.29 is 22.8 Å². The molecule has 1 atom stereocenters. The Bertz CT molecular complexity index is 764. The van der Waals surface area contributed by atoms with Gasteiger partial charge in [-0.3, -0.25) is 10.1 Å². The van der Waals surface area contributed by atoms with Crippen LogP contribution in [0.3, 0.4) is 0 Å². The van der Waals surface area contributed by atoms with E-state index in [4.69, 9.17) is 0 Å². The van der Waals surface area contributed by atoms with Crippen LogP contribution in [0.5, 0.6) is 0 Å². The quantitative estimate of drug-likeness (QED) is 0.805. The summed E-state index contributed by atoms with van der Waals surface area (Å²) in [4.78, 5) is 23.7. The molecule has 2 N–H and O–H groups in total. The molecule has 1 heterocycles. The Hall–Kier alpha value is -2.56. The third-order valence-corrected chi connectivity index (χ3v) is 4.14. The highest BCUT2D eigenvalue weighted by atomic mass is 32.2. The topological polar surface area (TPSA) is 88.9 Å². The van der Waals surface area contributed by atoms with Gasteiger partial charge < -0.3 is 9.88 Å². The maximum atomic E-state index is 12.7. The second kappa shape index (κ2) is 7.55. The van der Waals surface area contributed by atoms with E-state index in [1.54, 1.807) is 30.3 Å². The lowest BCUT2D eigenvalue weighted by atomic mass is 10.3. The molecule has 25 heavy (non-hydrogen) atoms. The number of amides is 3. The number of imide groups is 1. The van der Waals surface area contributed by atoms with Crippen molar-refractivity contribution in [3.63, 3.8) is 0 Å². The van der Waals surface area contributed by atoms with E-state index in [9.17, 15) is 22.8 Å². The van der Waals surface area contributed by atoms with Gasteiger partial charge in [-0.15, -0.1) is 10.2 Å². The van der Waals surface area contributed by atoms with Gasteiger partial charge >= 0.3 is 12.2 Å². The van der Waals surface area contributed by atoms with E-state index >= 15 is 0 Å². The Balaban J connectivity index is 1.94. The molecule has 0 fully saturated rings. The number of nitrogens with zero attached hydrogens (tertiary/aromatic N) is 3. The molecule has 11 heteroatoms. The molecule has 1 aromatic carbocycles. The van der Waals surface area contributed by atoms with E-state index < -0.39 is 29.2 Å². The van der Waals surface area contributed by atoms with Gasteiger partial charge in [-0.2, -0.15) is 13.2 Å². The summed E-state index contributed by atoms with van der Waals surface area (Å²) in [5.74, 6) is -1.83. The minimum atomic E-state index is -4.64. The SMILES string of the molecule is CC(Sc1nnc(C(F)(F)F)n1C)C(=O)NC(=O)Nc1ccccc1. The van der Waals surface area contributed by atoms with E-state index in [1.165, 1.54) is 6.92 Å². The summed E-state index contributed by atoms with van der Waals surface area (Å²) >= 11 is 0.761. The molecule has 0 radical (unpaired) electrons. The van der Waals surface area contributed by atoms with Crippen LogP contribution in [0.1, 0.15) is 12.7 Å². The van der Waals surface area contributed by atoms with Crippen LogP contribution in [-0.4, -0.2) is 32.0 Å². The van der Waals surface area contributed by atoms with Gasteiger partial charge in [-0.1, -0.05) is 30.0 Å². The maximum absolute atomic E-state index is 12.7. The lowest BCUT2D eigenvalue weighted by molar-refractivity contribution is -0.147. The van der Waals surface area contributed by atoms with Crippen LogP contribution in [0.15, 0.2) is 35.5 Å². The maximum Gasteiger partial charge on any atom is 0.451 e. The van der Waals surface area contributed by atoms with E-state index in [0.717, 1.165) is 23.4 Å². The minimum Gasteiger partial charge on any atom is -0.308 e. The molecular formula is C14H14F3N5O2S. The van der Waals surface area contributed by atoms with Crippen molar-refractivity contribution in [2.24, 2.45) is 7.05 Å². The van der Waals surface area contributed by atoms with Crippen LogP contribution < -0.4 is 10.6 Å². The van der Waals surface area contributed by atoms with Crippen LogP contribution in [0, 0.1) is 0 Å². The molecule has 7 nitrogen and oxygen atoms in total. The van der Waals surface area contributed by atoms with Crippen LogP contribution in [-0.2, 0) is 18.0 Å². The van der Waals surface area contributed by atoms with Crippen LogP contribution >= 0.6 is 11.8 Å². The number of aromatic nitrogens is 3. The summed E-state index contributed by atoms with van der Waals surface area (Å²) in [6, 6.07) is 7.73. The van der Waals surface area contributed by atoms with Crippen molar-refractivity contribution in [3.8, 4) is 0 Å². The van der Waals surface area contributed by atoms with Crippen molar-refractivity contribution >= 4 is 29.4 Å². The highest BCUT2D eigenvalue weighted by Gasteiger charge is 2.38. The molecule has 0 bridgehead atoms. The standard InChI is InChI=1S/C14H14F3N5O2S/c1-8(25-13-21-20-11(22(13)2)14(15,16)17)10(23)19-12(24)18-9-6-4-3-5-7-9/h3-8H,1-2H3,(H2,18,19,23,24). The molecule has 0 spiro atoms. The van der Waals surface area contributed by atoms with E-state index in [2.05, 4.69) is 20.8 Å². The second-order valence-corrected chi connectivity index (χ2v) is 6.24. The lowest BCUT2D eigenvalue weighted by Crippen LogP contribution is -2.38. The number of para-hydroxylation sites is 1. The average Bonchev–Trinajstić information content (AvgIpc) is 2.89. The van der Waals surface area contributed by atoms with Gasteiger partial charge in [0.25, 0.3) is 0 Å². The van der Waals surface area contributed by atoms with Crippen molar-refractivity contribution in [1.82, 2.24) is 20.1 Å². The van der Waals surface area contributed by atoms with Crippen molar-refractivity contribution in [1.29, 1.82) is 0 Å². The number of halogens is 3. The highest BCUT2D eigenvalue weighted by Crippen LogP contribution is 2.30. The molecule has 3 amide bonds. The van der Waals surface area contributed by atoms with Gasteiger partial charge in [-0.25, -0.2) is 4.79 Å². The molecule has 0 aliphatic carbocycles. The summed E-state index contributed by atoms with van der Waals surface area (Å²) in [5.41, 5.74) is 0.497. The van der Waals surface area contributed by atoms with E-state index in [0.29, 0.717) is 5.69 Å². The molecule has 1 aromatic heterocycles. The summed E-state index contributed by atoms with van der Waals surface area (Å²) in [6.07, 6.45) is -4.64. The summed E-state index contributed by atoms with van der Waals surface area (Å²) < 4.78 is 38.8. The first-order valence-electron chi connectivity index (χ1n) is 6.98. The fourth-order valence-electron chi connectivity index (χ4n) is 1.77. The number of carbonyl (C=O) groups is 2. The Labute approximate surface area is 145 Å². The molecule has 2 rings (SSSR count). The summed E-state index contributed by atoms with van der Waals surface area (Å²) in [7, 11) is 1.15. The summed E-state index contributed by atoms with van der Waals surface area (Å²) in [5, 5.41) is 10.1. The molecule has 0 saturated heterocycles. The van der Waals surface area contributed by atoms with Gasteiger partial charge in [-0.05, 0) is 19.1 Å². The second-order valence-electron chi connectivity index (χ2n) is 4.93. The molecule has 0 aliphatic rings. The van der Waals surface area contributed by atoms with E-state index in [-0.39, 0.29) is 5.16 Å². The average molecular weight is 373 g/mol. The molecule has 0 aliphatic heterocycles. The number of rotatable bonds is 4. The van der Waals surface area contributed by atoms with Crippen LogP contribution in [0.4, 0.5) is 23.7 Å². The van der Waals surface area contributed by atoms with Gasteiger partial charge in [0, 0.05) is 12.7 Å². The number of hydrogen-bond donors (Lipinski definition) is 2.